The van der Waals surface area contributed by atoms with E-state index in [-0.39, 0.29) is 0 Å². The lowest BCUT2D eigenvalue weighted by molar-refractivity contribution is 0.383. The molecule has 0 nitrogen and oxygen atoms in total. The van der Waals surface area contributed by atoms with Gasteiger partial charge in [-0.15, -0.1) is 0 Å². The highest BCUT2D eigenvalue weighted by Crippen LogP contribution is 2.43. The maximum atomic E-state index is 1.57. The highest BCUT2D eigenvalue weighted by atomic mass is 28.1. The molecule has 0 saturated heterocycles. The van der Waals surface area contributed by atoms with E-state index in [1.54, 1.807) is 25.7 Å². The monoisotopic (exact) mass is 182 g/mol. The normalized spacial score (nSPS) is 27.8. The average molecular weight is 182 g/mol. The van der Waals surface area contributed by atoms with Crippen molar-refractivity contribution in [1.82, 2.24) is 0 Å². The highest BCUT2D eigenvalue weighted by molar-refractivity contribution is 6.12. The molecule has 2 aliphatic rings. The van der Waals surface area contributed by atoms with E-state index in [2.05, 4.69) is 0 Å². The van der Waals surface area contributed by atoms with Crippen molar-refractivity contribution in [3.05, 3.63) is 0 Å². The molecule has 0 aromatic carbocycles. The molecule has 0 atom stereocenters. The zero-order chi connectivity index (χ0) is 8.39. The topological polar surface area (TPSA) is 0 Å². The second kappa shape index (κ2) is 3.95. The molecular weight excluding hydrogens is 160 g/mol. The third-order valence-electron chi connectivity index (χ3n) is 4.29. The fourth-order valence-corrected chi connectivity index (χ4v) is 4.68. The van der Waals surface area contributed by atoms with Crippen molar-refractivity contribution < 1.29 is 0 Å². The Balaban J connectivity index is 1.84. The van der Waals surface area contributed by atoms with E-state index in [1.165, 1.54) is 53.3 Å². The third-order valence-corrected chi connectivity index (χ3v) is 6.17. The van der Waals surface area contributed by atoms with E-state index >= 15 is 0 Å². The van der Waals surface area contributed by atoms with E-state index in [1.807, 2.05) is 0 Å². The summed E-state index contributed by atoms with van der Waals surface area (Å²) in [7, 11) is 1.47. The van der Waals surface area contributed by atoms with Gasteiger partial charge in [-0.05, 0) is 17.4 Å². The Bertz CT molecular complexity index is 116. The van der Waals surface area contributed by atoms with Gasteiger partial charge < -0.3 is 0 Å². The van der Waals surface area contributed by atoms with E-state index in [0.29, 0.717) is 0 Å². The Labute approximate surface area is 79.5 Å². The van der Waals surface area contributed by atoms with Crippen molar-refractivity contribution in [2.75, 3.05) is 0 Å². The minimum absolute atomic E-state index is 1.17. The van der Waals surface area contributed by atoms with Crippen LogP contribution in [0.25, 0.3) is 0 Å². The van der Waals surface area contributed by atoms with Gasteiger partial charge in [0.05, 0.1) is 0 Å². The molecule has 2 aliphatic carbocycles. The maximum Gasteiger partial charge on any atom is 0.00743 e. The van der Waals surface area contributed by atoms with Crippen LogP contribution in [-0.2, 0) is 0 Å². The molecule has 0 aromatic rings. The maximum absolute atomic E-state index is 1.57. The van der Waals surface area contributed by atoms with Crippen LogP contribution in [0.4, 0.5) is 0 Å². The first kappa shape index (κ1) is 8.80. The second-order valence-corrected chi connectivity index (χ2v) is 6.28. The number of hydrogen-bond acceptors (Lipinski definition) is 0. The first-order valence-corrected chi connectivity index (χ1v) is 7.03. The lowest BCUT2D eigenvalue weighted by Gasteiger charge is -2.24. The van der Waals surface area contributed by atoms with Gasteiger partial charge in [0.25, 0.3) is 0 Å². The van der Waals surface area contributed by atoms with Gasteiger partial charge in [0.2, 0.25) is 0 Å². The van der Waals surface area contributed by atoms with Crippen LogP contribution in [0.1, 0.15) is 51.4 Å². The number of rotatable bonds is 2. The van der Waals surface area contributed by atoms with Gasteiger partial charge in [0.1, 0.15) is 0 Å². The van der Waals surface area contributed by atoms with Crippen LogP contribution in [0, 0.1) is 11.8 Å². The van der Waals surface area contributed by atoms with Crippen molar-refractivity contribution >= 4 is 10.2 Å². The molecule has 1 heteroatoms. The standard InChI is InChI=1S/C11H22Si/c12-11(9-5-1-2-6-9)10-7-3-4-8-10/h9-11H,1-8H2,12H3. The molecule has 0 amide bonds. The fourth-order valence-electron chi connectivity index (χ4n) is 3.35. The van der Waals surface area contributed by atoms with Crippen molar-refractivity contribution in [2.45, 2.75) is 56.9 Å². The number of hydrogen-bond donors (Lipinski definition) is 0. The van der Waals surface area contributed by atoms with Gasteiger partial charge >= 0.3 is 0 Å². The molecule has 2 saturated carbocycles. The molecule has 0 bridgehead atoms. The molecule has 70 valence electrons. The zero-order valence-electron chi connectivity index (χ0n) is 8.39. The summed E-state index contributed by atoms with van der Waals surface area (Å²) >= 11 is 0. The zero-order valence-corrected chi connectivity index (χ0v) is 10.4. The van der Waals surface area contributed by atoms with Gasteiger partial charge in [-0.1, -0.05) is 51.4 Å². The smallest absolute Gasteiger partial charge is 0.00743 e. The van der Waals surface area contributed by atoms with Crippen LogP contribution in [0.5, 0.6) is 0 Å². The molecule has 2 fully saturated rings. The lowest BCUT2D eigenvalue weighted by Crippen LogP contribution is -2.13. The molecule has 0 spiro atoms. The minimum atomic E-state index is 1.17. The van der Waals surface area contributed by atoms with Crippen LogP contribution in [0.2, 0.25) is 5.54 Å². The summed E-state index contributed by atoms with van der Waals surface area (Å²) in [6.45, 7) is 0. The first-order valence-electron chi connectivity index (χ1n) is 5.88. The highest BCUT2D eigenvalue weighted by Gasteiger charge is 2.29. The van der Waals surface area contributed by atoms with Crippen LogP contribution >= 0.6 is 0 Å². The summed E-state index contributed by atoms with van der Waals surface area (Å²) in [6, 6.07) is 0. The quantitative estimate of drug-likeness (QED) is 0.576. The summed E-state index contributed by atoms with van der Waals surface area (Å²) in [5, 5.41) is 0. The van der Waals surface area contributed by atoms with Crippen molar-refractivity contribution in [3.8, 4) is 0 Å². The summed E-state index contributed by atoms with van der Waals surface area (Å²) in [6.07, 6.45) is 12.4. The Kier molecular flexibility index (Phi) is 2.90. The first-order chi connectivity index (χ1) is 5.88. The fraction of sp³-hybridized carbons (Fsp3) is 1.00. The Hall–Kier alpha value is 0.217. The van der Waals surface area contributed by atoms with Crippen LogP contribution in [0.15, 0.2) is 0 Å². The Morgan fingerprint density at radius 3 is 1.42 bits per heavy atom. The summed E-state index contributed by atoms with van der Waals surface area (Å²) in [5.74, 6) is 2.33. The van der Waals surface area contributed by atoms with E-state index in [0.717, 1.165) is 0 Å². The SMILES string of the molecule is [SiH3]C(C1CCCC1)C1CCCC1. The van der Waals surface area contributed by atoms with Crippen LogP contribution in [0.3, 0.4) is 0 Å². The van der Waals surface area contributed by atoms with Gasteiger partial charge in [0, 0.05) is 10.2 Å². The Morgan fingerprint density at radius 1 is 0.750 bits per heavy atom. The molecule has 0 aliphatic heterocycles. The molecule has 0 aromatic heterocycles. The largest absolute Gasteiger partial charge is 0.0530 e. The predicted octanol–water partition coefficient (Wildman–Crippen LogP) is 2.52. The summed E-state index contributed by atoms with van der Waals surface area (Å²) < 4.78 is 0. The molecular formula is C11H22Si. The molecule has 0 N–H and O–H groups in total. The minimum Gasteiger partial charge on any atom is -0.0530 e. The van der Waals surface area contributed by atoms with Gasteiger partial charge in [-0.2, -0.15) is 0 Å². The van der Waals surface area contributed by atoms with E-state index < -0.39 is 0 Å². The van der Waals surface area contributed by atoms with Crippen molar-refractivity contribution in [1.29, 1.82) is 0 Å². The van der Waals surface area contributed by atoms with Gasteiger partial charge in [-0.3, -0.25) is 0 Å². The second-order valence-electron chi connectivity index (χ2n) is 4.95. The summed E-state index contributed by atoms with van der Waals surface area (Å²) in [5.41, 5.74) is 1.19. The van der Waals surface area contributed by atoms with Crippen LogP contribution < -0.4 is 0 Å². The van der Waals surface area contributed by atoms with Crippen molar-refractivity contribution in [2.24, 2.45) is 11.8 Å². The van der Waals surface area contributed by atoms with E-state index in [9.17, 15) is 0 Å². The van der Waals surface area contributed by atoms with Gasteiger partial charge in [0.15, 0.2) is 0 Å². The lowest BCUT2D eigenvalue weighted by atomic mass is 9.91. The Morgan fingerprint density at radius 2 is 1.08 bits per heavy atom. The molecule has 0 heterocycles. The molecule has 0 unspecified atom stereocenters. The predicted molar refractivity (Wildman–Crippen MR) is 57.6 cm³/mol. The average Bonchev–Trinajstić information content (AvgIpc) is 2.77. The molecule has 2 rings (SSSR count). The molecule has 0 radical (unpaired) electrons. The molecule has 12 heavy (non-hydrogen) atoms. The van der Waals surface area contributed by atoms with Gasteiger partial charge in [-0.25, -0.2) is 0 Å². The van der Waals surface area contributed by atoms with Crippen molar-refractivity contribution in [3.63, 3.8) is 0 Å². The summed E-state index contributed by atoms with van der Waals surface area (Å²) in [4.78, 5) is 0. The third kappa shape index (κ3) is 1.76. The van der Waals surface area contributed by atoms with Crippen LogP contribution in [-0.4, -0.2) is 10.2 Å². The van der Waals surface area contributed by atoms with E-state index in [4.69, 9.17) is 0 Å².